The van der Waals surface area contributed by atoms with E-state index in [1.54, 1.807) is 6.07 Å². The number of hydrogen-bond donors (Lipinski definition) is 2. The topological polar surface area (TPSA) is 104 Å². The molecule has 2 aromatic heterocycles. The quantitative estimate of drug-likeness (QED) is 0.857. The van der Waals surface area contributed by atoms with Crippen LogP contribution in [0.1, 0.15) is 23.2 Å². The van der Waals surface area contributed by atoms with Gasteiger partial charge in [0.2, 0.25) is 11.8 Å². The number of aromatic nitrogens is 1. The zero-order valence-corrected chi connectivity index (χ0v) is 12.7. The highest BCUT2D eigenvalue weighted by Crippen LogP contribution is 2.34. The van der Waals surface area contributed by atoms with E-state index in [-0.39, 0.29) is 23.4 Å². The molecule has 0 aliphatic carbocycles. The van der Waals surface area contributed by atoms with Crippen LogP contribution in [0.5, 0.6) is 11.6 Å². The van der Waals surface area contributed by atoms with Crippen molar-refractivity contribution >= 4 is 33.4 Å². The first-order valence-corrected chi connectivity index (χ1v) is 7.64. The van der Waals surface area contributed by atoms with E-state index in [2.05, 4.69) is 10.3 Å². The molecule has 0 spiro atoms. The number of primary amides is 1. The van der Waals surface area contributed by atoms with Crippen LogP contribution < -0.4 is 20.5 Å². The Bertz CT molecular complexity index is 743. The Balaban J connectivity index is 1.84. The maximum absolute atomic E-state index is 11.4. The van der Waals surface area contributed by atoms with Crippen molar-refractivity contribution in [2.75, 3.05) is 13.7 Å². The molecule has 3 rings (SSSR count). The molecule has 0 radical (unpaired) electrons. The molecule has 22 heavy (non-hydrogen) atoms. The predicted molar refractivity (Wildman–Crippen MR) is 81.3 cm³/mol. The number of carbonyl (C=O) groups excluding carboxylic acids is 2. The largest absolute Gasteiger partial charge is 0.488 e. The molecule has 2 aromatic rings. The van der Waals surface area contributed by atoms with E-state index in [9.17, 15) is 9.59 Å². The van der Waals surface area contributed by atoms with Gasteiger partial charge in [0.1, 0.15) is 17.7 Å². The maximum Gasteiger partial charge on any atom is 0.254 e. The van der Waals surface area contributed by atoms with Crippen LogP contribution in [0.3, 0.4) is 0 Å². The number of methoxy groups -OCH3 is 1. The van der Waals surface area contributed by atoms with Gasteiger partial charge in [0.15, 0.2) is 5.75 Å². The first-order chi connectivity index (χ1) is 10.6. The van der Waals surface area contributed by atoms with Crippen molar-refractivity contribution in [1.29, 1.82) is 0 Å². The van der Waals surface area contributed by atoms with Gasteiger partial charge in [-0.1, -0.05) is 0 Å². The number of pyridine rings is 1. The lowest BCUT2D eigenvalue weighted by atomic mass is 10.2. The Morgan fingerprint density at radius 1 is 1.59 bits per heavy atom. The summed E-state index contributed by atoms with van der Waals surface area (Å²) in [6.07, 6.45) is 1.30. The Labute approximate surface area is 130 Å². The molecule has 1 aliphatic rings. The second-order valence-corrected chi connectivity index (χ2v) is 5.88. The highest BCUT2D eigenvalue weighted by Gasteiger charge is 2.22. The number of nitrogens with one attached hydrogen (secondary N) is 1. The van der Waals surface area contributed by atoms with Gasteiger partial charge in [-0.05, 0) is 12.5 Å². The molecular formula is C14H15N3O4S. The van der Waals surface area contributed by atoms with Crippen LogP contribution in [0.25, 0.3) is 10.2 Å². The van der Waals surface area contributed by atoms with Crippen LogP contribution in [0.2, 0.25) is 0 Å². The third kappa shape index (κ3) is 2.69. The molecule has 1 saturated heterocycles. The van der Waals surface area contributed by atoms with Gasteiger partial charge in [0, 0.05) is 11.8 Å². The number of ether oxygens (including phenoxy) is 2. The Morgan fingerprint density at radius 2 is 2.41 bits per heavy atom. The molecule has 8 heteroatoms. The van der Waals surface area contributed by atoms with E-state index in [1.165, 1.54) is 18.4 Å². The zero-order valence-electron chi connectivity index (χ0n) is 11.9. The molecule has 1 aliphatic heterocycles. The molecular weight excluding hydrogens is 306 g/mol. The molecule has 3 N–H and O–H groups in total. The summed E-state index contributed by atoms with van der Waals surface area (Å²) in [5.74, 6) is 0.248. The van der Waals surface area contributed by atoms with Gasteiger partial charge in [-0.25, -0.2) is 4.98 Å². The van der Waals surface area contributed by atoms with Crippen LogP contribution in [0.15, 0.2) is 11.4 Å². The number of nitrogens with two attached hydrogens (primary N) is 1. The first-order valence-electron chi connectivity index (χ1n) is 6.76. The molecule has 2 amide bonds. The molecule has 0 saturated carbocycles. The van der Waals surface area contributed by atoms with Crippen LogP contribution in [0.4, 0.5) is 0 Å². The fraction of sp³-hybridized carbons (Fsp3) is 0.357. The minimum atomic E-state index is -0.587. The Hall–Kier alpha value is -2.35. The smallest absolute Gasteiger partial charge is 0.254 e. The van der Waals surface area contributed by atoms with Gasteiger partial charge in [-0.2, -0.15) is 0 Å². The third-order valence-electron chi connectivity index (χ3n) is 3.46. The number of nitrogens with zero attached hydrogens (tertiary/aromatic N) is 1. The van der Waals surface area contributed by atoms with Gasteiger partial charge in [0.05, 0.1) is 17.9 Å². The van der Waals surface area contributed by atoms with Crippen molar-refractivity contribution in [3.05, 3.63) is 17.0 Å². The minimum absolute atomic E-state index is 0.0224. The van der Waals surface area contributed by atoms with Crippen LogP contribution in [-0.4, -0.2) is 36.6 Å². The molecule has 0 aromatic carbocycles. The molecule has 3 heterocycles. The summed E-state index contributed by atoms with van der Waals surface area (Å²) < 4.78 is 11.7. The number of fused-ring (bicyclic) bond motifs is 1. The summed E-state index contributed by atoms with van der Waals surface area (Å²) in [6.45, 7) is 0.388. The number of amides is 2. The second kappa shape index (κ2) is 5.80. The summed E-state index contributed by atoms with van der Waals surface area (Å²) in [7, 11) is 1.43. The fourth-order valence-electron chi connectivity index (χ4n) is 2.34. The van der Waals surface area contributed by atoms with Crippen molar-refractivity contribution in [3.63, 3.8) is 0 Å². The average molecular weight is 321 g/mol. The summed E-state index contributed by atoms with van der Waals surface area (Å²) in [5.41, 5.74) is 6.18. The number of hydrogen-bond acceptors (Lipinski definition) is 6. The van der Waals surface area contributed by atoms with Gasteiger partial charge >= 0.3 is 0 Å². The van der Waals surface area contributed by atoms with Crippen LogP contribution in [0, 0.1) is 0 Å². The van der Waals surface area contributed by atoms with Crippen molar-refractivity contribution in [3.8, 4) is 11.6 Å². The number of thiophene rings is 1. The van der Waals surface area contributed by atoms with E-state index in [1.807, 2.05) is 5.38 Å². The van der Waals surface area contributed by atoms with E-state index >= 15 is 0 Å². The van der Waals surface area contributed by atoms with Crippen molar-refractivity contribution in [2.24, 2.45) is 5.73 Å². The second-order valence-electron chi connectivity index (χ2n) is 4.97. The fourth-order valence-corrected chi connectivity index (χ4v) is 3.20. The van der Waals surface area contributed by atoms with Gasteiger partial charge in [0.25, 0.3) is 5.91 Å². The van der Waals surface area contributed by atoms with Crippen molar-refractivity contribution in [2.45, 2.75) is 18.9 Å². The summed E-state index contributed by atoms with van der Waals surface area (Å²) in [6, 6.07) is 1.67. The third-order valence-corrected chi connectivity index (χ3v) is 4.36. The van der Waals surface area contributed by atoms with Gasteiger partial charge < -0.3 is 20.5 Å². The Kier molecular flexibility index (Phi) is 3.84. The van der Waals surface area contributed by atoms with Crippen molar-refractivity contribution < 1.29 is 19.1 Å². The van der Waals surface area contributed by atoms with Crippen LogP contribution in [-0.2, 0) is 4.79 Å². The predicted octanol–water partition coefficient (Wildman–Crippen LogP) is 1.06. The standard InChI is InChI=1S/C14H15N3O4S/c1-20-14-8(13(15)19)4-10-12(17-14)9(6-22-10)21-5-7-2-3-11(18)16-7/h4,6-7H,2-3,5H2,1H3,(H2,15,19)(H,16,18)/t7-/m0/s1. The van der Waals surface area contributed by atoms with E-state index in [0.717, 1.165) is 11.1 Å². The molecule has 0 bridgehead atoms. The first kappa shape index (κ1) is 14.6. The molecule has 1 fully saturated rings. The monoisotopic (exact) mass is 321 g/mol. The lowest BCUT2D eigenvalue weighted by Crippen LogP contribution is -2.30. The molecule has 0 unspecified atom stereocenters. The number of carbonyl (C=O) groups is 2. The maximum atomic E-state index is 11.4. The summed E-state index contributed by atoms with van der Waals surface area (Å²) in [4.78, 5) is 26.9. The lowest BCUT2D eigenvalue weighted by Gasteiger charge is -2.11. The highest BCUT2D eigenvalue weighted by atomic mass is 32.1. The molecule has 116 valence electrons. The summed E-state index contributed by atoms with van der Waals surface area (Å²) in [5, 5.41) is 4.66. The molecule has 1 atom stereocenters. The van der Waals surface area contributed by atoms with E-state index in [4.69, 9.17) is 15.2 Å². The summed E-state index contributed by atoms with van der Waals surface area (Å²) >= 11 is 1.41. The van der Waals surface area contributed by atoms with Gasteiger partial charge in [-0.3, -0.25) is 9.59 Å². The zero-order chi connectivity index (χ0) is 15.7. The molecule has 7 nitrogen and oxygen atoms in total. The highest BCUT2D eigenvalue weighted by molar-refractivity contribution is 7.17. The van der Waals surface area contributed by atoms with E-state index < -0.39 is 5.91 Å². The average Bonchev–Trinajstić information content (AvgIpc) is 3.09. The lowest BCUT2D eigenvalue weighted by molar-refractivity contribution is -0.119. The number of rotatable bonds is 5. The van der Waals surface area contributed by atoms with E-state index in [0.29, 0.717) is 24.3 Å². The van der Waals surface area contributed by atoms with Crippen molar-refractivity contribution in [1.82, 2.24) is 10.3 Å². The normalized spacial score (nSPS) is 17.5. The Morgan fingerprint density at radius 3 is 3.05 bits per heavy atom. The van der Waals surface area contributed by atoms with Gasteiger partial charge in [-0.15, -0.1) is 11.3 Å². The van der Waals surface area contributed by atoms with Crippen LogP contribution >= 0.6 is 11.3 Å². The SMILES string of the molecule is COc1nc2c(OC[C@@H]3CCC(=O)N3)csc2cc1C(N)=O. The minimum Gasteiger partial charge on any atom is -0.488 e.